The lowest BCUT2D eigenvalue weighted by atomic mass is 9.88. The predicted molar refractivity (Wildman–Crippen MR) is 73.8 cm³/mol. The van der Waals surface area contributed by atoms with Gasteiger partial charge in [0.25, 0.3) is 0 Å². The number of furan rings is 1. The summed E-state index contributed by atoms with van der Waals surface area (Å²) < 4.78 is 5.55. The first-order valence-corrected chi connectivity index (χ1v) is 6.76. The number of benzene rings is 1. The first-order valence-electron chi connectivity index (χ1n) is 6.76. The van der Waals surface area contributed by atoms with E-state index in [0.29, 0.717) is 12.2 Å². The maximum Gasteiger partial charge on any atom is 0.140 e. The number of fused-ring (bicyclic) bond motifs is 1. The lowest BCUT2D eigenvalue weighted by Crippen LogP contribution is -2.11. The fraction of sp³-hybridized carbons (Fsp3) is 0.438. The molecule has 96 valence electrons. The van der Waals surface area contributed by atoms with Gasteiger partial charge >= 0.3 is 0 Å². The van der Waals surface area contributed by atoms with E-state index >= 15 is 0 Å². The number of rotatable bonds is 6. The lowest BCUT2D eigenvalue weighted by Gasteiger charge is -2.13. The molecule has 2 nitrogen and oxygen atoms in total. The van der Waals surface area contributed by atoms with Gasteiger partial charge in [-0.05, 0) is 18.9 Å². The molecule has 2 aromatic rings. The van der Waals surface area contributed by atoms with E-state index in [4.69, 9.17) is 4.42 Å². The van der Waals surface area contributed by atoms with E-state index in [2.05, 4.69) is 6.92 Å². The van der Waals surface area contributed by atoms with E-state index in [1.165, 1.54) is 0 Å². The average Bonchev–Trinajstić information content (AvgIpc) is 2.80. The summed E-state index contributed by atoms with van der Waals surface area (Å²) in [4.78, 5) is 12.2. The van der Waals surface area contributed by atoms with Gasteiger partial charge in [0.1, 0.15) is 11.4 Å². The van der Waals surface area contributed by atoms with E-state index in [-0.39, 0.29) is 5.92 Å². The summed E-state index contributed by atoms with van der Waals surface area (Å²) in [5, 5.41) is 1.08. The van der Waals surface area contributed by atoms with E-state index < -0.39 is 0 Å². The molecule has 0 bridgehead atoms. The zero-order valence-corrected chi connectivity index (χ0v) is 11.1. The van der Waals surface area contributed by atoms with Gasteiger partial charge in [0, 0.05) is 23.3 Å². The Morgan fingerprint density at radius 1 is 1.22 bits per heavy atom. The zero-order valence-electron chi connectivity index (χ0n) is 11.1. The van der Waals surface area contributed by atoms with E-state index in [9.17, 15) is 4.79 Å². The summed E-state index contributed by atoms with van der Waals surface area (Å²) in [5.74, 6) is 0.338. The number of hydrogen-bond donors (Lipinski definition) is 0. The van der Waals surface area contributed by atoms with Gasteiger partial charge in [-0.15, -0.1) is 0 Å². The van der Waals surface area contributed by atoms with Crippen molar-refractivity contribution in [3.8, 4) is 0 Å². The molecule has 0 aliphatic carbocycles. The van der Waals surface area contributed by atoms with Crippen molar-refractivity contribution in [2.24, 2.45) is 0 Å². The molecular weight excluding hydrogens is 224 g/mol. The van der Waals surface area contributed by atoms with E-state index in [0.717, 1.165) is 35.8 Å². The first kappa shape index (κ1) is 12.9. The summed E-state index contributed by atoms with van der Waals surface area (Å²) in [5.41, 5.74) is 1.93. The van der Waals surface area contributed by atoms with Crippen LogP contribution in [0.1, 0.15) is 51.0 Å². The van der Waals surface area contributed by atoms with Gasteiger partial charge in [-0.2, -0.15) is 0 Å². The SMILES string of the molecule is CCCC(=O)C(CCC)c1coc2ccccc12. The Balaban J connectivity index is 2.38. The molecule has 0 N–H and O–H groups in total. The fourth-order valence-corrected chi connectivity index (χ4v) is 2.47. The minimum atomic E-state index is -0.00130. The highest BCUT2D eigenvalue weighted by Gasteiger charge is 2.22. The molecule has 0 radical (unpaired) electrons. The van der Waals surface area contributed by atoms with Crippen LogP contribution in [0.3, 0.4) is 0 Å². The number of para-hydroxylation sites is 1. The molecule has 2 rings (SSSR count). The quantitative estimate of drug-likeness (QED) is 0.738. The highest BCUT2D eigenvalue weighted by atomic mass is 16.3. The molecule has 0 saturated heterocycles. The topological polar surface area (TPSA) is 30.2 Å². The third-order valence-electron chi connectivity index (χ3n) is 3.35. The first-order chi connectivity index (χ1) is 8.77. The van der Waals surface area contributed by atoms with Gasteiger partial charge in [0.15, 0.2) is 0 Å². The largest absolute Gasteiger partial charge is 0.464 e. The van der Waals surface area contributed by atoms with Crippen molar-refractivity contribution in [2.75, 3.05) is 0 Å². The molecule has 0 fully saturated rings. The van der Waals surface area contributed by atoms with Crippen LogP contribution < -0.4 is 0 Å². The van der Waals surface area contributed by atoms with Crippen LogP contribution in [0.5, 0.6) is 0 Å². The molecule has 1 aromatic carbocycles. The minimum absolute atomic E-state index is 0.00130. The monoisotopic (exact) mass is 244 g/mol. The Morgan fingerprint density at radius 3 is 2.72 bits per heavy atom. The Hall–Kier alpha value is -1.57. The second kappa shape index (κ2) is 5.85. The smallest absolute Gasteiger partial charge is 0.140 e. The molecular formula is C16H20O2. The molecule has 2 heteroatoms. The zero-order chi connectivity index (χ0) is 13.0. The van der Waals surface area contributed by atoms with Crippen LogP contribution in [-0.4, -0.2) is 5.78 Å². The number of Topliss-reactive ketones (excluding diaryl/α,β-unsaturated/α-hetero) is 1. The van der Waals surface area contributed by atoms with Gasteiger partial charge in [-0.1, -0.05) is 38.5 Å². The molecule has 1 heterocycles. The maximum atomic E-state index is 12.2. The van der Waals surface area contributed by atoms with Crippen molar-refractivity contribution in [3.05, 3.63) is 36.1 Å². The Kier molecular flexibility index (Phi) is 4.19. The van der Waals surface area contributed by atoms with E-state index in [1.807, 2.05) is 31.2 Å². The molecule has 0 aliphatic rings. The van der Waals surface area contributed by atoms with Crippen molar-refractivity contribution >= 4 is 16.8 Å². The molecule has 0 aliphatic heterocycles. The van der Waals surface area contributed by atoms with Crippen molar-refractivity contribution < 1.29 is 9.21 Å². The summed E-state index contributed by atoms with van der Waals surface area (Å²) in [6.07, 6.45) is 5.25. The summed E-state index contributed by atoms with van der Waals surface area (Å²) in [6.45, 7) is 4.17. The Bertz CT molecular complexity index is 525. The second-order valence-electron chi connectivity index (χ2n) is 4.74. The molecule has 18 heavy (non-hydrogen) atoms. The van der Waals surface area contributed by atoms with Gasteiger partial charge in [-0.3, -0.25) is 4.79 Å². The molecule has 1 unspecified atom stereocenters. The van der Waals surface area contributed by atoms with Crippen LogP contribution in [0.15, 0.2) is 34.9 Å². The standard InChI is InChI=1S/C16H20O2/c1-3-7-12(15(17)8-4-2)14-11-18-16-10-6-5-9-13(14)16/h5-6,9-12H,3-4,7-8H2,1-2H3. The highest BCUT2D eigenvalue weighted by Crippen LogP contribution is 2.32. The summed E-state index contributed by atoms with van der Waals surface area (Å²) in [6, 6.07) is 7.94. The Labute approximate surface area is 108 Å². The number of hydrogen-bond acceptors (Lipinski definition) is 2. The van der Waals surface area contributed by atoms with Crippen LogP contribution in [-0.2, 0) is 4.79 Å². The van der Waals surface area contributed by atoms with Gasteiger partial charge in [0.05, 0.1) is 6.26 Å². The Morgan fingerprint density at radius 2 is 2.00 bits per heavy atom. The molecule has 1 atom stereocenters. The van der Waals surface area contributed by atoms with Crippen molar-refractivity contribution in [1.82, 2.24) is 0 Å². The van der Waals surface area contributed by atoms with E-state index in [1.54, 1.807) is 6.26 Å². The second-order valence-corrected chi connectivity index (χ2v) is 4.74. The van der Waals surface area contributed by atoms with Crippen molar-refractivity contribution in [3.63, 3.8) is 0 Å². The maximum absolute atomic E-state index is 12.2. The van der Waals surface area contributed by atoms with Crippen molar-refractivity contribution in [2.45, 2.75) is 45.4 Å². The van der Waals surface area contributed by atoms with Gasteiger partial charge < -0.3 is 4.42 Å². The van der Waals surface area contributed by atoms with Crippen LogP contribution in [0.4, 0.5) is 0 Å². The third kappa shape index (κ3) is 2.47. The van der Waals surface area contributed by atoms with Crippen molar-refractivity contribution in [1.29, 1.82) is 0 Å². The van der Waals surface area contributed by atoms with Crippen LogP contribution in [0, 0.1) is 0 Å². The third-order valence-corrected chi connectivity index (χ3v) is 3.35. The van der Waals surface area contributed by atoms with Gasteiger partial charge in [-0.25, -0.2) is 0 Å². The molecule has 0 spiro atoms. The number of carbonyl (C=O) groups excluding carboxylic acids is 1. The van der Waals surface area contributed by atoms with Crippen LogP contribution in [0.25, 0.3) is 11.0 Å². The number of ketones is 1. The average molecular weight is 244 g/mol. The number of carbonyl (C=O) groups is 1. The predicted octanol–water partition coefficient (Wildman–Crippen LogP) is 4.69. The van der Waals surface area contributed by atoms with Crippen LogP contribution in [0.2, 0.25) is 0 Å². The molecule has 1 aromatic heterocycles. The normalized spacial score (nSPS) is 12.8. The molecule has 0 saturated carbocycles. The highest BCUT2D eigenvalue weighted by molar-refractivity contribution is 5.92. The van der Waals surface area contributed by atoms with Gasteiger partial charge in [0.2, 0.25) is 0 Å². The fourth-order valence-electron chi connectivity index (χ4n) is 2.47. The summed E-state index contributed by atoms with van der Waals surface area (Å²) in [7, 11) is 0. The minimum Gasteiger partial charge on any atom is -0.464 e. The summed E-state index contributed by atoms with van der Waals surface area (Å²) >= 11 is 0. The molecule has 0 amide bonds. The van der Waals surface area contributed by atoms with Crippen LogP contribution >= 0.6 is 0 Å². The lowest BCUT2D eigenvalue weighted by molar-refractivity contribution is -0.120.